The van der Waals surface area contributed by atoms with Crippen LogP contribution in [0.15, 0.2) is 0 Å². The summed E-state index contributed by atoms with van der Waals surface area (Å²) in [6.07, 6.45) is 5.64. The summed E-state index contributed by atoms with van der Waals surface area (Å²) >= 11 is 0. The van der Waals surface area contributed by atoms with Gasteiger partial charge in [-0.15, -0.1) is 0 Å². The third-order valence-electron chi connectivity index (χ3n) is 3.83. The van der Waals surface area contributed by atoms with E-state index >= 15 is 0 Å². The van der Waals surface area contributed by atoms with Gasteiger partial charge in [-0.25, -0.2) is 8.42 Å². The van der Waals surface area contributed by atoms with E-state index in [9.17, 15) is 13.7 Å². The molecule has 0 radical (unpaired) electrons. The van der Waals surface area contributed by atoms with Crippen molar-refractivity contribution in [2.45, 2.75) is 44.6 Å². The molecule has 96 valence electrons. The lowest BCUT2D eigenvalue weighted by molar-refractivity contribution is 0.0998. The van der Waals surface area contributed by atoms with Gasteiger partial charge in [-0.3, -0.25) is 0 Å². The van der Waals surface area contributed by atoms with E-state index in [0.717, 1.165) is 32.3 Å². The van der Waals surface area contributed by atoms with Crippen molar-refractivity contribution in [1.29, 1.82) is 5.26 Å². The number of nitriles is 1. The summed E-state index contributed by atoms with van der Waals surface area (Å²) in [5.74, 6) is 0.239. The van der Waals surface area contributed by atoms with Crippen LogP contribution < -0.4 is 0 Å². The number of sulfone groups is 1. The summed E-state index contributed by atoms with van der Waals surface area (Å²) in [7, 11) is -2.97. The maximum absolute atomic E-state index is 11.4. The van der Waals surface area contributed by atoms with Crippen LogP contribution in [0.1, 0.15) is 38.5 Å². The molecule has 0 saturated carbocycles. The standard InChI is InChI=1S/C12H19NO3S/c13-9-12(6-8-17(14,15)10-12)5-1-3-11-4-2-7-16-11/h11H,1-8,10H2. The molecule has 2 heterocycles. The van der Waals surface area contributed by atoms with Gasteiger partial charge in [0.25, 0.3) is 0 Å². The zero-order chi connectivity index (χ0) is 12.4. The molecule has 0 spiro atoms. The third kappa shape index (κ3) is 3.20. The average Bonchev–Trinajstić information content (AvgIpc) is 2.87. The largest absolute Gasteiger partial charge is 0.378 e. The Bertz CT molecular complexity index is 406. The molecule has 2 aliphatic rings. The van der Waals surface area contributed by atoms with E-state index in [-0.39, 0.29) is 11.5 Å². The second-order valence-electron chi connectivity index (χ2n) is 5.26. The zero-order valence-electron chi connectivity index (χ0n) is 10.0. The van der Waals surface area contributed by atoms with Gasteiger partial charge >= 0.3 is 0 Å². The lowest BCUT2D eigenvalue weighted by Gasteiger charge is -2.19. The van der Waals surface area contributed by atoms with E-state index in [1.807, 2.05) is 0 Å². The van der Waals surface area contributed by atoms with Crippen LogP contribution in [0.2, 0.25) is 0 Å². The SMILES string of the molecule is N#CC1(CCCC2CCCO2)CCS(=O)(=O)C1. The molecule has 2 fully saturated rings. The van der Waals surface area contributed by atoms with Gasteiger partial charge in [-0.1, -0.05) is 0 Å². The fraction of sp³-hybridized carbons (Fsp3) is 0.917. The Balaban J connectivity index is 1.82. The van der Waals surface area contributed by atoms with Gasteiger partial charge in [0.05, 0.1) is 29.1 Å². The van der Waals surface area contributed by atoms with Crippen molar-refractivity contribution in [2.24, 2.45) is 5.41 Å². The van der Waals surface area contributed by atoms with E-state index in [1.165, 1.54) is 0 Å². The van der Waals surface area contributed by atoms with Crippen LogP contribution in [0.3, 0.4) is 0 Å². The number of hydrogen-bond donors (Lipinski definition) is 0. The Kier molecular flexibility index (Phi) is 3.74. The summed E-state index contributed by atoms with van der Waals surface area (Å²) in [4.78, 5) is 0. The van der Waals surface area contributed by atoms with Gasteiger partial charge < -0.3 is 4.74 Å². The van der Waals surface area contributed by atoms with Gasteiger partial charge in [0.2, 0.25) is 0 Å². The van der Waals surface area contributed by atoms with Gasteiger partial charge in [-0.2, -0.15) is 5.26 Å². The second kappa shape index (κ2) is 4.95. The molecule has 17 heavy (non-hydrogen) atoms. The molecule has 5 heteroatoms. The van der Waals surface area contributed by atoms with Crippen LogP contribution in [-0.2, 0) is 14.6 Å². The molecule has 2 rings (SSSR count). The normalized spacial score (nSPS) is 35.8. The molecule has 2 saturated heterocycles. The molecular weight excluding hydrogens is 238 g/mol. The number of nitrogens with zero attached hydrogens (tertiary/aromatic N) is 1. The van der Waals surface area contributed by atoms with E-state index in [1.54, 1.807) is 0 Å². The van der Waals surface area contributed by atoms with Crippen LogP contribution in [-0.4, -0.2) is 32.6 Å². The van der Waals surface area contributed by atoms with E-state index < -0.39 is 15.3 Å². The summed E-state index contributed by atoms with van der Waals surface area (Å²) in [5.41, 5.74) is -0.614. The van der Waals surface area contributed by atoms with Gasteiger partial charge in [0.1, 0.15) is 0 Å². The lowest BCUT2D eigenvalue weighted by Crippen LogP contribution is -2.20. The Labute approximate surface area is 103 Å². The Morgan fingerprint density at radius 1 is 1.47 bits per heavy atom. The molecule has 2 aliphatic heterocycles. The first-order valence-corrected chi connectivity index (χ1v) is 8.11. The molecule has 0 N–H and O–H groups in total. The number of rotatable bonds is 4. The lowest BCUT2D eigenvalue weighted by atomic mass is 9.83. The van der Waals surface area contributed by atoms with Crippen LogP contribution in [0.5, 0.6) is 0 Å². The smallest absolute Gasteiger partial charge is 0.151 e. The molecule has 0 aromatic carbocycles. The highest BCUT2D eigenvalue weighted by molar-refractivity contribution is 7.91. The molecule has 0 bridgehead atoms. The minimum absolute atomic E-state index is 0.0576. The van der Waals surface area contributed by atoms with Gasteiger partial charge in [0.15, 0.2) is 9.84 Å². The third-order valence-corrected chi connectivity index (χ3v) is 5.65. The van der Waals surface area contributed by atoms with E-state index in [0.29, 0.717) is 18.9 Å². The quantitative estimate of drug-likeness (QED) is 0.768. The second-order valence-corrected chi connectivity index (χ2v) is 7.45. The van der Waals surface area contributed by atoms with Gasteiger partial charge in [0, 0.05) is 6.61 Å². The predicted molar refractivity (Wildman–Crippen MR) is 64.1 cm³/mol. The maximum atomic E-state index is 11.4. The Morgan fingerprint density at radius 3 is 2.82 bits per heavy atom. The minimum atomic E-state index is -2.97. The van der Waals surface area contributed by atoms with Gasteiger partial charge in [-0.05, 0) is 38.5 Å². The van der Waals surface area contributed by atoms with Crippen LogP contribution in [0, 0.1) is 16.7 Å². The highest BCUT2D eigenvalue weighted by atomic mass is 32.2. The molecule has 0 aromatic heterocycles. The van der Waals surface area contributed by atoms with Crippen LogP contribution in [0.4, 0.5) is 0 Å². The van der Waals surface area contributed by atoms with Crippen LogP contribution in [0.25, 0.3) is 0 Å². The molecule has 0 aliphatic carbocycles. The van der Waals surface area contributed by atoms with Crippen LogP contribution >= 0.6 is 0 Å². The van der Waals surface area contributed by atoms with Crippen molar-refractivity contribution in [1.82, 2.24) is 0 Å². The minimum Gasteiger partial charge on any atom is -0.378 e. The molecule has 0 amide bonds. The Hall–Kier alpha value is -0.600. The van der Waals surface area contributed by atoms with Crippen molar-refractivity contribution in [3.8, 4) is 6.07 Å². The molecule has 4 nitrogen and oxygen atoms in total. The summed E-state index contributed by atoms with van der Waals surface area (Å²) in [5, 5.41) is 9.20. The van der Waals surface area contributed by atoms with Crippen molar-refractivity contribution in [3.63, 3.8) is 0 Å². The molecule has 2 unspecified atom stereocenters. The first-order chi connectivity index (χ1) is 8.05. The van der Waals surface area contributed by atoms with Crippen molar-refractivity contribution in [3.05, 3.63) is 0 Å². The number of ether oxygens (including phenoxy) is 1. The summed E-state index contributed by atoms with van der Waals surface area (Å²) in [6, 6.07) is 2.24. The predicted octanol–water partition coefficient (Wildman–Crippen LogP) is 1.66. The first kappa shape index (κ1) is 12.8. The zero-order valence-corrected chi connectivity index (χ0v) is 10.8. The highest BCUT2D eigenvalue weighted by Crippen LogP contribution is 2.37. The molecule has 0 aromatic rings. The molecule has 2 atom stereocenters. The molecular formula is C12H19NO3S. The summed E-state index contributed by atoms with van der Waals surface area (Å²) in [6.45, 7) is 0.850. The average molecular weight is 257 g/mol. The van der Waals surface area contributed by atoms with Crippen molar-refractivity contribution >= 4 is 9.84 Å². The monoisotopic (exact) mass is 257 g/mol. The fourth-order valence-corrected chi connectivity index (χ4v) is 4.84. The topological polar surface area (TPSA) is 67.2 Å². The van der Waals surface area contributed by atoms with Crippen molar-refractivity contribution < 1.29 is 13.2 Å². The van der Waals surface area contributed by atoms with E-state index in [4.69, 9.17) is 4.74 Å². The van der Waals surface area contributed by atoms with E-state index in [2.05, 4.69) is 6.07 Å². The Morgan fingerprint density at radius 2 is 2.29 bits per heavy atom. The highest BCUT2D eigenvalue weighted by Gasteiger charge is 2.42. The van der Waals surface area contributed by atoms with Crippen molar-refractivity contribution in [2.75, 3.05) is 18.1 Å². The summed E-state index contributed by atoms with van der Waals surface area (Å²) < 4.78 is 28.4. The maximum Gasteiger partial charge on any atom is 0.151 e. The fourth-order valence-electron chi connectivity index (χ4n) is 2.80. The number of hydrogen-bond acceptors (Lipinski definition) is 4. The first-order valence-electron chi connectivity index (χ1n) is 6.29.